The van der Waals surface area contributed by atoms with E-state index in [4.69, 9.17) is 16.6 Å². The molecule has 2 aromatic carbocycles. The molecule has 0 unspecified atom stereocenters. The van der Waals surface area contributed by atoms with Crippen LogP contribution in [0.2, 0.25) is 5.02 Å². The molecule has 5 heteroatoms. The molecule has 0 spiro atoms. The van der Waals surface area contributed by atoms with Gasteiger partial charge in [-0.15, -0.1) is 11.8 Å². The van der Waals surface area contributed by atoms with Gasteiger partial charge in [-0.3, -0.25) is 0 Å². The van der Waals surface area contributed by atoms with Gasteiger partial charge in [-0.2, -0.15) is 5.26 Å². The van der Waals surface area contributed by atoms with Crippen molar-refractivity contribution >= 4 is 40.7 Å². The smallest absolute Gasteiger partial charge is 0.115 e. The molecule has 3 rings (SSSR count). The standard InChI is InChI=1S/C27H26ClN3S/c1-4-17-31(3)26-8-6-5-7-25(26)20(2)9-15-24-16-12-22(18-29)27(30-24)32-19-21-10-13-23(28)14-11-21/h5-16H,2,4,17,19H2,1,3H3/b15-9+. The Kier molecular flexibility index (Phi) is 8.56. The van der Waals surface area contributed by atoms with E-state index in [1.54, 1.807) is 11.8 Å². The highest BCUT2D eigenvalue weighted by atomic mass is 35.5. The van der Waals surface area contributed by atoms with E-state index in [0.29, 0.717) is 10.6 Å². The fourth-order valence-corrected chi connectivity index (χ4v) is 4.35. The van der Waals surface area contributed by atoms with Gasteiger partial charge in [0.15, 0.2) is 0 Å². The van der Waals surface area contributed by atoms with E-state index in [0.717, 1.165) is 51.8 Å². The van der Waals surface area contributed by atoms with Crippen LogP contribution in [-0.4, -0.2) is 18.6 Å². The summed E-state index contributed by atoms with van der Waals surface area (Å²) in [6.45, 7) is 7.43. The molecule has 0 bridgehead atoms. The van der Waals surface area contributed by atoms with Gasteiger partial charge in [0.2, 0.25) is 0 Å². The van der Waals surface area contributed by atoms with Crippen LogP contribution in [0.5, 0.6) is 0 Å². The Balaban J connectivity index is 1.77. The van der Waals surface area contributed by atoms with Crippen molar-refractivity contribution in [3.05, 3.63) is 101 Å². The highest BCUT2D eigenvalue weighted by Crippen LogP contribution is 2.28. The second kappa shape index (κ2) is 11.6. The summed E-state index contributed by atoms with van der Waals surface area (Å²) in [6.07, 6.45) is 5.02. The minimum absolute atomic E-state index is 0.575. The highest BCUT2D eigenvalue weighted by Gasteiger charge is 2.09. The first kappa shape index (κ1) is 23.7. The molecule has 0 atom stereocenters. The monoisotopic (exact) mass is 459 g/mol. The van der Waals surface area contributed by atoms with Crippen molar-refractivity contribution in [1.29, 1.82) is 5.26 Å². The largest absolute Gasteiger partial charge is 0.374 e. The molecule has 162 valence electrons. The third-order valence-electron chi connectivity index (χ3n) is 4.97. The van der Waals surface area contributed by atoms with Crippen molar-refractivity contribution in [1.82, 2.24) is 4.98 Å². The summed E-state index contributed by atoms with van der Waals surface area (Å²) < 4.78 is 0. The Bertz CT molecular complexity index is 1150. The summed E-state index contributed by atoms with van der Waals surface area (Å²) >= 11 is 7.51. The van der Waals surface area contributed by atoms with Crippen molar-refractivity contribution in [3.63, 3.8) is 0 Å². The zero-order chi connectivity index (χ0) is 22.9. The molecule has 0 saturated carbocycles. The number of anilines is 1. The second-order valence-electron chi connectivity index (χ2n) is 7.41. The molecule has 0 amide bonds. The Morgan fingerprint density at radius 3 is 2.62 bits per heavy atom. The number of aromatic nitrogens is 1. The van der Waals surface area contributed by atoms with Crippen LogP contribution in [-0.2, 0) is 5.75 Å². The summed E-state index contributed by atoms with van der Waals surface area (Å²) in [4.78, 5) is 6.95. The molecule has 1 heterocycles. The number of thioether (sulfide) groups is 1. The Labute approximate surface area is 200 Å². The van der Waals surface area contributed by atoms with Gasteiger partial charge in [-0.05, 0) is 54.0 Å². The van der Waals surface area contributed by atoms with Crippen molar-refractivity contribution in [2.45, 2.75) is 24.1 Å². The molecule has 3 nitrogen and oxygen atoms in total. The number of allylic oxidation sites excluding steroid dienone is 2. The summed E-state index contributed by atoms with van der Waals surface area (Å²) in [5, 5.41) is 10.9. The van der Waals surface area contributed by atoms with Crippen LogP contribution in [0.15, 0.2) is 78.3 Å². The summed E-state index contributed by atoms with van der Waals surface area (Å²) in [5.41, 5.74) is 5.69. The predicted octanol–water partition coefficient (Wildman–Crippen LogP) is 7.47. The van der Waals surface area contributed by atoms with Crippen LogP contribution < -0.4 is 4.90 Å². The van der Waals surface area contributed by atoms with Gasteiger partial charge in [0, 0.05) is 35.6 Å². The van der Waals surface area contributed by atoms with Gasteiger partial charge in [0.1, 0.15) is 11.1 Å². The van der Waals surface area contributed by atoms with E-state index in [9.17, 15) is 5.26 Å². The van der Waals surface area contributed by atoms with Crippen LogP contribution in [0.25, 0.3) is 11.6 Å². The van der Waals surface area contributed by atoms with Crippen LogP contribution in [0.4, 0.5) is 5.69 Å². The number of hydrogen-bond acceptors (Lipinski definition) is 4. The van der Waals surface area contributed by atoms with Crippen molar-refractivity contribution in [3.8, 4) is 6.07 Å². The lowest BCUT2D eigenvalue weighted by molar-refractivity contribution is 0.851. The molecule has 0 aliphatic heterocycles. The van der Waals surface area contributed by atoms with E-state index >= 15 is 0 Å². The van der Waals surface area contributed by atoms with Gasteiger partial charge in [-0.1, -0.05) is 61.5 Å². The normalized spacial score (nSPS) is 10.8. The third kappa shape index (κ3) is 6.26. The molecular weight excluding hydrogens is 434 g/mol. The Hall–Kier alpha value is -3.00. The van der Waals surface area contributed by atoms with Crippen LogP contribution in [0, 0.1) is 11.3 Å². The summed E-state index contributed by atoms with van der Waals surface area (Å²) in [7, 11) is 2.10. The second-order valence-corrected chi connectivity index (χ2v) is 8.81. The predicted molar refractivity (Wildman–Crippen MR) is 138 cm³/mol. The van der Waals surface area contributed by atoms with Gasteiger partial charge in [-0.25, -0.2) is 4.98 Å². The first-order valence-electron chi connectivity index (χ1n) is 10.5. The van der Waals surface area contributed by atoms with Crippen LogP contribution in [0.1, 0.15) is 35.7 Å². The van der Waals surface area contributed by atoms with Crippen LogP contribution in [0.3, 0.4) is 0 Å². The average molecular weight is 460 g/mol. The number of rotatable bonds is 9. The Morgan fingerprint density at radius 2 is 1.91 bits per heavy atom. The van der Waals surface area contributed by atoms with Crippen LogP contribution >= 0.6 is 23.4 Å². The van der Waals surface area contributed by atoms with Gasteiger partial charge in [0.25, 0.3) is 0 Å². The molecule has 0 fully saturated rings. The van der Waals surface area contributed by atoms with E-state index < -0.39 is 0 Å². The van der Waals surface area contributed by atoms with Gasteiger partial charge in [0.05, 0.1) is 11.3 Å². The third-order valence-corrected chi connectivity index (χ3v) is 6.28. The molecule has 1 aromatic heterocycles. The maximum absolute atomic E-state index is 9.48. The molecule has 0 N–H and O–H groups in total. The fourth-order valence-electron chi connectivity index (χ4n) is 3.28. The number of nitrogens with zero attached hydrogens (tertiary/aromatic N) is 3. The molecule has 0 radical (unpaired) electrons. The topological polar surface area (TPSA) is 39.9 Å². The van der Waals surface area contributed by atoms with Crippen molar-refractivity contribution in [2.24, 2.45) is 0 Å². The number of halogens is 1. The number of hydrogen-bond donors (Lipinski definition) is 0. The molecule has 0 saturated heterocycles. The van der Waals surface area contributed by atoms with Crippen molar-refractivity contribution < 1.29 is 0 Å². The fraction of sp³-hybridized carbons (Fsp3) is 0.185. The zero-order valence-corrected chi connectivity index (χ0v) is 20.0. The molecule has 0 aliphatic rings. The number of nitriles is 1. The number of pyridine rings is 1. The first-order valence-corrected chi connectivity index (χ1v) is 11.8. The maximum atomic E-state index is 9.48. The van der Waals surface area contributed by atoms with E-state index in [1.165, 1.54) is 0 Å². The number of para-hydroxylation sites is 1. The van der Waals surface area contributed by atoms with Gasteiger partial charge >= 0.3 is 0 Å². The van der Waals surface area contributed by atoms with Gasteiger partial charge < -0.3 is 4.90 Å². The SMILES string of the molecule is C=C(/C=C/c1ccc(C#N)c(SCc2ccc(Cl)cc2)n1)c1ccccc1N(C)CCC. The minimum atomic E-state index is 0.575. The number of benzene rings is 2. The quantitative estimate of drug-likeness (QED) is 0.245. The van der Waals surface area contributed by atoms with E-state index in [2.05, 4.69) is 43.7 Å². The lowest BCUT2D eigenvalue weighted by Crippen LogP contribution is -2.18. The molecular formula is C27H26ClN3S. The summed E-state index contributed by atoms with van der Waals surface area (Å²) in [5.74, 6) is 0.718. The maximum Gasteiger partial charge on any atom is 0.115 e. The van der Waals surface area contributed by atoms with Crippen molar-refractivity contribution in [2.75, 3.05) is 18.5 Å². The Morgan fingerprint density at radius 1 is 1.16 bits per heavy atom. The highest BCUT2D eigenvalue weighted by molar-refractivity contribution is 7.98. The zero-order valence-electron chi connectivity index (χ0n) is 18.4. The lowest BCUT2D eigenvalue weighted by Gasteiger charge is -2.22. The first-order chi connectivity index (χ1) is 15.5. The molecule has 0 aliphatic carbocycles. The van der Waals surface area contributed by atoms with E-state index in [-0.39, 0.29) is 0 Å². The molecule has 32 heavy (non-hydrogen) atoms. The lowest BCUT2D eigenvalue weighted by atomic mass is 10.0. The molecule has 3 aromatic rings. The van der Waals surface area contributed by atoms with E-state index in [1.807, 2.05) is 60.7 Å². The average Bonchev–Trinajstić information content (AvgIpc) is 2.82. The minimum Gasteiger partial charge on any atom is -0.374 e. The summed E-state index contributed by atoms with van der Waals surface area (Å²) in [6, 6.07) is 21.9.